The average Bonchev–Trinajstić information content (AvgIpc) is 2.79. The number of nitrogens with zero attached hydrogens (tertiary/aromatic N) is 4. The molecule has 1 fully saturated rings. The van der Waals surface area contributed by atoms with Gasteiger partial charge in [-0.25, -0.2) is 4.98 Å². The highest BCUT2D eigenvalue weighted by atomic mass is 35.5. The number of methoxy groups -OCH3 is 2. The maximum atomic E-state index is 6.23. The lowest BCUT2D eigenvalue weighted by atomic mass is 10.1. The predicted octanol–water partition coefficient (Wildman–Crippen LogP) is 3.34. The first-order valence-electron chi connectivity index (χ1n) is 9.85. The van der Waals surface area contributed by atoms with Gasteiger partial charge in [-0.2, -0.15) is 4.98 Å². The van der Waals surface area contributed by atoms with Gasteiger partial charge < -0.3 is 25.0 Å². The first-order valence-corrected chi connectivity index (χ1v) is 10.3. The van der Waals surface area contributed by atoms with E-state index in [1.165, 1.54) is 5.56 Å². The molecule has 1 aromatic heterocycles. The summed E-state index contributed by atoms with van der Waals surface area (Å²) in [5.41, 5.74) is 8.20. The number of aromatic nitrogens is 2. The number of thiocarbonyl (C=S) groups is 1. The second kappa shape index (κ2) is 9.98. The molecule has 0 spiro atoms. The van der Waals surface area contributed by atoms with Crippen LogP contribution in [0.3, 0.4) is 0 Å². The van der Waals surface area contributed by atoms with E-state index < -0.39 is 0 Å². The van der Waals surface area contributed by atoms with Crippen LogP contribution in [0.1, 0.15) is 5.56 Å². The largest absolute Gasteiger partial charge is 0.493 e. The Bertz CT molecular complexity index is 1060. The molecule has 2 N–H and O–H groups in total. The molecule has 0 saturated carbocycles. The van der Waals surface area contributed by atoms with E-state index in [0.29, 0.717) is 23.3 Å². The number of rotatable bonds is 5. The van der Waals surface area contributed by atoms with Crippen LogP contribution >= 0.6 is 24.6 Å². The number of nitrogen functional groups attached to an aromatic ring is 1. The molecule has 164 valence electrons. The van der Waals surface area contributed by atoms with Gasteiger partial charge >= 0.3 is 0 Å². The molecule has 9 heteroatoms. The molecular formula is C22H26ClN5O2S. The zero-order chi connectivity index (χ0) is 21.1. The summed E-state index contributed by atoms with van der Waals surface area (Å²) in [6, 6.07) is 14.0. The van der Waals surface area contributed by atoms with Gasteiger partial charge in [0.1, 0.15) is 5.82 Å². The summed E-state index contributed by atoms with van der Waals surface area (Å²) in [7, 11) is 3.20. The van der Waals surface area contributed by atoms with Crippen molar-refractivity contribution in [1.82, 2.24) is 14.9 Å². The lowest BCUT2D eigenvalue weighted by Gasteiger charge is -2.36. The second-order valence-corrected chi connectivity index (χ2v) is 7.63. The maximum Gasteiger partial charge on any atom is 0.228 e. The van der Waals surface area contributed by atoms with Crippen molar-refractivity contribution in [2.45, 2.75) is 6.42 Å². The van der Waals surface area contributed by atoms with Gasteiger partial charge in [-0.3, -0.25) is 0 Å². The highest BCUT2D eigenvalue weighted by Crippen LogP contribution is 2.34. The molecule has 2 aromatic carbocycles. The quantitative estimate of drug-likeness (QED) is 0.582. The van der Waals surface area contributed by atoms with Crippen LogP contribution in [-0.4, -0.2) is 60.3 Å². The SMILES string of the molecule is COc1cc2nc(N3CCN(C(=S)Cc4ccccc4)CC3)nc(N)c2cc1OC.Cl. The molecule has 0 bridgehead atoms. The minimum atomic E-state index is 0. The Kier molecular flexibility index (Phi) is 7.35. The fourth-order valence-corrected chi connectivity index (χ4v) is 4.00. The van der Waals surface area contributed by atoms with Gasteiger partial charge in [0.2, 0.25) is 5.95 Å². The summed E-state index contributed by atoms with van der Waals surface area (Å²) in [6.45, 7) is 3.23. The van der Waals surface area contributed by atoms with Crippen molar-refractivity contribution in [2.24, 2.45) is 0 Å². The molecule has 1 aliphatic heterocycles. The third kappa shape index (κ3) is 4.91. The summed E-state index contributed by atoms with van der Waals surface area (Å²) < 4.78 is 10.8. The number of hydrogen-bond acceptors (Lipinski definition) is 7. The molecule has 3 aromatic rings. The fourth-order valence-electron chi connectivity index (χ4n) is 3.65. The second-order valence-electron chi connectivity index (χ2n) is 7.16. The molecule has 0 atom stereocenters. The number of ether oxygens (including phenoxy) is 2. The highest BCUT2D eigenvalue weighted by Gasteiger charge is 2.22. The Morgan fingerprint density at radius 3 is 2.29 bits per heavy atom. The Morgan fingerprint density at radius 1 is 1.00 bits per heavy atom. The number of nitrogens with two attached hydrogens (primary N) is 1. The summed E-state index contributed by atoms with van der Waals surface area (Å²) in [5.74, 6) is 2.28. The van der Waals surface area contributed by atoms with Crippen LogP contribution in [0.25, 0.3) is 10.9 Å². The molecule has 7 nitrogen and oxygen atoms in total. The van der Waals surface area contributed by atoms with Crippen molar-refractivity contribution in [1.29, 1.82) is 0 Å². The van der Waals surface area contributed by atoms with Crippen LogP contribution in [0.2, 0.25) is 0 Å². The molecule has 1 saturated heterocycles. The molecule has 4 rings (SSSR count). The van der Waals surface area contributed by atoms with E-state index in [2.05, 4.69) is 26.9 Å². The van der Waals surface area contributed by atoms with Crippen molar-refractivity contribution in [3.05, 3.63) is 48.0 Å². The van der Waals surface area contributed by atoms with Crippen LogP contribution in [0.15, 0.2) is 42.5 Å². The maximum absolute atomic E-state index is 6.23. The lowest BCUT2D eigenvalue weighted by molar-refractivity contribution is 0.355. The zero-order valence-corrected chi connectivity index (χ0v) is 19.2. The number of hydrogen-bond donors (Lipinski definition) is 1. The minimum Gasteiger partial charge on any atom is -0.493 e. The summed E-state index contributed by atoms with van der Waals surface area (Å²) in [5, 5.41) is 0.749. The first-order chi connectivity index (χ1) is 14.6. The van der Waals surface area contributed by atoms with Crippen LogP contribution < -0.4 is 20.1 Å². The molecule has 0 aliphatic carbocycles. The summed E-state index contributed by atoms with van der Waals surface area (Å²) in [6.07, 6.45) is 0.789. The van der Waals surface area contributed by atoms with Crippen molar-refractivity contribution >= 4 is 52.3 Å². The number of fused-ring (bicyclic) bond motifs is 1. The van der Waals surface area contributed by atoms with Crippen LogP contribution in [-0.2, 0) is 6.42 Å². The van der Waals surface area contributed by atoms with Gasteiger partial charge in [0.05, 0.1) is 24.7 Å². The van der Waals surface area contributed by atoms with Crippen LogP contribution in [0, 0.1) is 0 Å². The van der Waals surface area contributed by atoms with E-state index in [0.717, 1.165) is 48.5 Å². The molecule has 0 unspecified atom stereocenters. The number of piperazine rings is 1. The van der Waals surface area contributed by atoms with Gasteiger partial charge in [-0.05, 0) is 11.6 Å². The van der Waals surface area contributed by atoms with Crippen molar-refractivity contribution < 1.29 is 9.47 Å². The van der Waals surface area contributed by atoms with E-state index in [4.69, 9.17) is 32.4 Å². The topological polar surface area (TPSA) is 76.7 Å². The lowest BCUT2D eigenvalue weighted by Crippen LogP contribution is -2.49. The monoisotopic (exact) mass is 459 g/mol. The average molecular weight is 460 g/mol. The molecule has 0 radical (unpaired) electrons. The highest BCUT2D eigenvalue weighted by molar-refractivity contribution is 7.80. The normalized spacial score (nSPS) is 13.6. The van der Waals surface area contributed by atoms with E-state index >= 15 is 0 Å². The van der Waals surface area contributed by atoms with E-state index in [9.17, 15) is 0 Å². The first kappa shape index (κ1) is 22.8. The number of halogens is 1. The van der Waals surface area contributed by atoms with E-state index in [-0.39, 0.29) is 12.4 Å². The minimum absolute atomic E-state index is 0. The number of benzene rings is 2. The standard InChI is InChI=1S/C22H25N5O2S.ClH/c1-28-18-13-16-17(14-19(18)29-2)24-22(25-21(16)23)27-10-8-26(9-11-27)20(30)12-15-6-4-3-5-7-15;/h3-7,13-14H,8-12H2,1-2H3,(H2,23,24,25);1H. The molecule has 1 aliphatic rings. The molecular weight excluding hydrogens is 434 g/mol. The van der Waals surface area contributed by atoms with Gasteiger partial charge in [-0.1, -0.05) is 42.5 Å². The van der Waals surface area contributed by atoms with Crippen LogP contribution in [0.4, 0.5) is 11.8 Å². The number of anilines is 2. The summed E-state index contributed by atoms with van der Waals surface area (Å²) >= 11 is 5.68. The third-order valence-electron chi connectivity index (χ3n) is 5.33. The van der Waals surface area contributed by atoms with Crippen molar-refractivity contribution in [2.75, 3.05) is 51.0 Å². The molecule has 0 amide bonds. The van der Waals surface area contributed by atoms with Gasteiger partial charge in [0, 0.05) is 44.1 Å². The van der Waals surface area contributed by atoms with Gasteiger partial charge in [-0.15, -0.1) is 12.4 Å². The smallest absolute Gasteiger partial charge is 0.228 e. The molecule has 2 heterocycles. The summed E-state index contributed by atoms with van der Waals surface area (Å²) in [4.78, 5) is 14.6. The van der Waals surface area contributed by atoms with E-state index in [1.807, 2.05) is 30.3 Å². The van der Waals surface area contributed by atoms with Crippen molar-refractivity contribution in [3.63, 3.8) is 0 Å². The van der Waals surface area contributed by atoms with Crippen LogP contribution in [0.5, 0.6) is 11.5 Å². The molecule has 31 heavy (non-hydrogen) atoms. The Morgan fingerprint density at radius 2 is 1.65 bits per heavy atom. The van der Waals surface area contributed by atoms with Gasteiger partial charge in [0.15, 0.2) is 11.5 Å². The van der Waals surface area contributed by atoms with Crippen molar-refractivity contribution in [3.8, 4) is 11.5 Å². The van der Waals surface area contributed by atoms with Gasteiger partial charge in [0.25, 0.3) is 0 Å². The fraction of sp³-hybridized carbons (Fsp3) is 0.318. The zero-order valence-electron chi connectivity index (χ0n) is 17.6. The predicted molar refractivity (Wildman–Crippen MR) is 131 cm³/mol. The Labute approximate surface area is 193 Å². The Hall–Kier alpha value is -2.84. The van der Waals surface area contributed by atoms with E-state index in [1.54, 1.807) is 14.2 Å². The third-order valence-corrected chi connectivity index (χ3v) is 5.73. The Balaban J connectivity index is 0.00000272.